The van der Waals surface area contributed by atoms with Crippen molar-refractivity contribution < 1.29 is 4.79 Å². The first kappa shape index (κ1) is 6.66. The predicted molar refractivity (Wildman–Crippen MR) is 51.5 cm³/mol. The zero-order valence-corrected chi connectivity index (χ0v) is 6.87. The number of aromatic nitrogens is 1. The summed E-state index contributed by atoms with van der Waals surface area (Å²) in [6, 6.07) is 8.00. The van der Waals surface area contributed by atoms with Gasteiger partial charge >= 0.3 is 0 Å². The van der Waals surface area contributed by atoms with Crippen molar-refractivity contribution in [3.8, 4) is 0 Å². The second kappa shape index (κ2) is 2.10. The summed E-state index contributed by atoms with van der Waals surface area (Å²) < 4.78 is 0. The van der Waals surface area contributed by atoms with Crippen LogP contribution < -0.4 is 10.6 Å². The highest BCUT2D eigenvalue weighted by Crippen LogP contribution is 2.04. The average molecular weight is 169 g/mol. The SMILES string of the molecule is O=C1C=c2[nH]c3ccccc3c2=C1. The fraction of sp³-hybridized carbons (Fsp3) is 0. The molecule has 1 aliphatic carbocycles. The third-order valence-electron chi connectivity index (χ3n) is 2.35. The van der Waals surface area contributed by atoms with Crippen LogP contribution in [-0.2, 0) is 4.79 Å². The van der Waals surface area contributed by atoms with Gasteiger partial charge in [-0.1, -0.05) is 18.2 Å². The fourth-order valence-corrected chi connectivity index (χ4v) is 1.78. The van der Waals surface area contributed by atoms with E-state index in [1.165, 1.54) is 0 Å². The summed E-state index contributed by atoms with van der Waals surface area (Å²) in [6.45, 7) is 0. The van der Waals surface area contributed by atoms with Gasteiger partial charge in [-0.25, -0.2) is 0 Å². The summed E-state index contributed by atoms with van der Waals surface area (Å²) in [5.41, 5.74) is 1.09. The lowest BCUT2D eigenvalue weighted by molar-refractivity contribution is -0.107. The number of H-pyrrole nitrogens is 1. The van der Waals surface area contributed by atoms with E-state index in [9.17, 15) is 4.79 Å². The minimum atomic E-state index is 0.0759. The Morgan fingerprint density at radius 1 is 1.08 bits per heavy atom. The van der Waals surface area contributed by atoms with Gasteiger partial charge in [-0.05, 0) is 12.1 Å². The summed E-state index contributed by atoms with van der Waals surface area (Å²) >= 11 is 0. The van der Waals surface area contributed by atoms with Crippen molar-refractivity contribution in [3.63, 3.8) is 0 Å². The normalized spacial score (nSPS) is 14.0. The van der Waals surface area contributed by atoms with Crippen LogP contribution in [0.5, 0.6) is 0 Å². The van der Waals surface area contributed by atoms with Crippen LogP contribution in [0.3, 0.4) is 0 Å². The van der Waals surface area contributed by atoms with Crippen molar-refractivity contribution in [1.82, 2.24) is 4.98 Å². The topological polar surface area (TPSA) is 32.9 Å². The molecule has 2 aromatic rings. The smallest absolute Gasteiger partial charge is 0.181 e. The number of para-hydroxylation sites is 1. The van der Waals surface area contributed by atoms with Crippen LogP contribution in [-0.4, -0.2) is 10.8 Å². The highest BCUT2D eigenvalue weighted by atomic mass is 16.1. The molecule has 0 aliphatic heterocycles. The fourth-order valence-electron chi connectivity index (χ4n) is 1.78. The molecule has 2 nitrogen and oxygen atoms in total. The van der Waals surface area contributed by atoms with E-state index in [4.69, 9.17) is 0 Å². The Balaban J connectivity index is 2.66. The molecule has 0 unspecified atom stereocenters. The summed E-state index contributed by atoms with van der Waals surface area (Å²) in [7, 11) is 0. The molecule has 0 bridgehead atoms. The standard InChI is InChI=1S/C11H7NO/c13-7-5-9-8-3-1-2-4-10(8)12-11(9)6-7/h1-6,12H. The van der Waals surface area contributed by atoms with E-state index in [1.54, 1.807) is 12.2 Å². The van der Waals surface area contributed by atoms with Crippen molar-refractivity contribution in [2.24, 2.45) is 0 Å². The molecule has 1 aliphatic rings. The molecule has 62 valence electrons. The van der Waals surface area contributed by atoms with Crippen LogP contribution in [0.4, 0.5) is 0 Å². The van der Waals surface area contributed by atoms with E-state index in [1.807, 2.05) is 24.3 Å². The highest BCUT2D eigenvalue weighted by molar-refractivity contribution is 6.27. The molecule has 0 saturated heterocycles. The summed E-state index contributed by atoms with van der Waals surface area (Å²) in [5, 5.41) is 3.09. The molecule has 1 aromatic heterocycles. The number of hydrogen-bond acceptors (Lipinski definition) is 1. The Hall–Kier alpha value is -1.83. The van der Waals surface area contributed by atoms with Crippen molar-refractivity contribution in [3.05, 3.63) is 34.8 Å². The maximum Gasteiger partial charge on any atom is 0.181 e. The van der Waals surface area contributed by atoms with Crippen LogP contribution in [0.2, 0.25) is 0 Å². The van der Waals surface area contributed by atoms with Gasteiger partial charge in [0.25, 0.3) is 0 Å². The molecule has 0 spiro atoms. The Bertz CT molecular complexity index is 619. The minimum Gasteiger partial charge on any atom is -0.354 e. The second-order valence-electron chi connectivity index (χ2n) is 3.19. The number of Topliss-reactive ketones (excluding diaryl/α,β-unsaturated/α-hetero) is 1. The van der Waals surface area contributed by atoms with Gasteiger partial charge in [0, 0.05) is 22.2 Å². The molecule has 1 N–H and O–H groups in total. The quantitative estimate of drug-likeness (QED) is 0.605. The zero-order valence-electron chi connectivity index (χ0n) is 6.87. The van der Waals surface area contributed by atoms with Crippen LogP contribution >= 0.6 is 0 Å². The molecule has 1 aromatic carbocycles. The van der Waals surface area contributed by atoms with Crippen LogP contribution in [0.1, 0.15) is 0 Å². The molecule has 0 amide bonds. The van der Waals surface area contributed by atoms with Crippen LogP contribution in [0, 0.1) is 0 Å². The van der Waals surface area contributed by atoms with Gasteiger partial charge in [0.05, 0.1) is 5.35 Å². The molecule has 3 rings (SSSR count). The van der Waals surface area contributed by atoms with E-state index >= 15 is 0 Å². The number of rotatable bonds is 0. The number of carbonyl (C=O) groups excluding carboxylic acids is 1. The number of aromatic amines is 1. The van der Waals surface area contributed by atoms with Gasteiger partial charge in [-0.15, -0.1) is 0 Å². The Labute approximate surface area is 74.2 Å². The largest absolute Gasteiger partial charge is 0.354 e. The van der Waals surface area contributed by atoms with Gasteiger partial charge in [0.1, 0.15) is 0 Å². The number of carbonyl (C=O) groups is 1. The van der Waals surface area contributed by atoms with E-state index < -0.39 is 0 Å². The zero-order chi connectivity index (χ0) is 8.84. The van der Waals surface area contributed by atoms with Gasteiger partial charge < -0.3 is 4.98 Å². The third kappa shape index (κ3) is 0.798. The Morgan fingerprint density at radius 2 is 1.92 bits per heavy atom. The Kier molecular flexibility index (Phi) is 1.08. The number of fused-ring (bicyclic) bond motifs is 3. The number of hydrogen-bond donors (Lipinski definition) is 1. The number of benzene rings is 1. The highest BCUT2D eigenvalue weighted by Gasteiger charge is 2.06. The number of ketones is 1. The number of nitrogens with one attached hydrogen (secondary N) is 1. The predicted octanol–water partition coefficient (Wildman–Crippen LogP) is 0.312. The Morgan fingerprint density at radius 3 is 2.85 bits per heavy atom. The first-order chi connectivity index (χ1) is 6.34. The van der Waals surface area contributed by atoms with Crippen LogP contribution in [0.15, 0.2) is 24.3 Å². The molecule has 13 heavy (non-hydrogen) atoms. The van der Waals surface area contributed by atoms with Gasteiger partial charge in [-0.2, -0.15) is 0 Å². The lowest BCUT2D eigenvalue weighted by Crippen LogP contribution is -2.18. The molecule has 1 heterocycles. The van der Waals surface area contributed by atoms with Crippen LogP contribution in [0.25, 0.3) is 23.1 Å². The second-order valence-corrected chi connectivity index (χ2v) is 3.19. The summed E-state index contributed by atoms with van der Waals surface area (Å²) in [4.78, 5) is 14.3. The molecular formula is C11H7NO. The molecule has 0 fully saturated rings. The minimum absolute atomic E-state index is 0.0759. The first-order valence-electron chi connectivity index (χ1n) is 4.19. The molecule has 0 saturated carbocycles. The van der Waals surface area contributed by atoms with Gasteiger partial charge in [0.15, 0.2) is 5.78 Å². The third-order valence-corrected chi connectivity index (χ3v) is 2.35. The molecular weight excluding hydrogens is 162 g/mol. The van der Waals surface area contributed by atoms with E-state index in [2.05, 4.69) is 4.98 Å². The average Bonchev–Trinajstić information content (AvgIpc) is 2.60. The maximum atomic E-state index is 11.1. The monoisotopic (exact) mass is 169 g/mol. The van der Waals surface area contributed by atoms with E-state index in [0.717, 1.165) is 21.5 Å². The van der Waals surface area contributed by atoms with Crippen molar-refractivity contribution in [1.29, 1.82) is 0 Å². The van der Waals surface area contributed by atoms with E-state index in [-0.39, 0.29) is 5.78 Å². The molecule has 0 atom stereocenters. The summed E-state index contributed by atoms with van der Waals surface area (Å²) in [6.07, 6.45) is 3.31. The lowest BCUT2D eigenvalue weighted by Gasteiger charge is -1.85. The van der Waals surface area contributed by atoms with Crippen molar-refractivity contribution in [2.75, 3.05) is 0 Å². The summed E-state index contributed by atoms with van der Waals surface area (Å²) in [5.74, 6) is 0.0759. The van der Waals surface area contributed by atoms with Gasteiger partial charge in [0.2, 0.25) is 0 Å². The lowest BCUT2D eigenvalue weighted by atomic mass is 10.2. The molecule has 2 heteroatoms. The van der Waals surface area contributed by atoms with Crippen molar-refractivity contribution in [2.45, 2.75) is 0 Å². The maximum absolute atomic E-state index is 11.1. The van der Waals surface area contributed by atoms with Crippen molar-refractivity contribution >= 4 is 28.8 Å². The van der Waals surface area contributed by atoms with Gasteiger partial charge in [-0.3, -0.25) is 4.79 Å². The molecule has 0 radical (unpaired) electrons. The van der Waals surface area contributed by atoms with E-state index in [0.29, 0.717) is 0 Å². The first-order valence-corrected chi connectivity index (χ1v) is 4.19.